The van der Waals surface area contributed by atoms with Crippen LogP contribution in [-0.2, 0) is 0 Å². The van der Waals surface area contributed by atoms with Gasteiger partial charge in [0.1, 0.15) is 17.3 Å². The van der Waals surface area contributed by atoms with Gasteiger partial charge in [-0.1, -0.05) is 6.07 Å². The molecule has 2 aromatic rings. The van der Waals surface area contributed by atoms with Gasteiger partial charge in [0.2, 0.25) is 5.78 Å². The Kier molecular flexibility index (Phi) is 3.79. The highest BCUT2D eigenvalue weighted by atomic mass is 19.3. The van der Waals surface area contributed by atoms with E-state index in [-0.39, 0.29) is 11.3 Å². The van der Waals surface area contributed by atoms with Gasteiger partial charge in [0.15, 0.2) is 0 Å². The first-order valence-corrected chi connectivity index (χ1v) is 5.28. The predicted octanol–water partition coefficient (Wildman–Crippen LogP) is 3.05. The molecule has 3 nitrogen and oxygen atoms in total. The number of ketones is 1. The number of carbonyl (C=O) groups is 1. The molecule has 0 saturated heterocycles. The molecule has 0 amide bonds. The largest absolute Gasteiger partial charge is 0.434 e. The quantitative estimate of drug-likeness (QED) is 0.799. The highest BCUT2D eigenvalue weighted by molar-refractivity contribution is 6.09. The van der Waals surface area contributed by atoms with E-state index in [4.69, 9.17) is 0 Å². The second-order valence-electron chi connectivity index (χ2n) is 3.56. The molecule has 0 unspecified atom stereocenters. The van der Waals surface area contributed by atoms with Gasteiger partial charge in [0.25, 0.3) is 0 Å². The van der Waals surface area contributed by atoms with Crippen LogP contribution in [0.15, 0.2) is 42.6 Å². The minimum Gasteiger partial charge on any atom is -0.434 e. The fraction of sp³-hybridized carbons (Fsp3) is 0.0769. The van der Waals surface area contributed by atoms with Crippen molar-refractivity contribution in [2.75, 3.05) is 0 Å². The predicted molar refractivity (Wildman–Crippen MR) is 60.7 cm³/mol. The molecule has 0 aliphatic carbocycles. The third kappa shape index (κ3) is 3.09. The van der Waals surface area contributed by atoms with Gasteiger partial charge in [-0.15, -0.1) is 0 Å². The Morgan fingerprint density at radius 1 is 1.21 bits per heavy atom. The summed E-state index contributed by atoms with van der Waals surface area (Å²) in [6.07, 6.45) is 1.39. The van der Waals surface area contributed by atoms with E-state index in [0.29, 0.717) is 0 Å². The lowest BCUT2D eigenvalue weighted by Crippen LogP contribution is -2.10. The van der Waals surface area contributed by atoms with Crippen molar-refractivity contribution < 1.29 is 22.7 Å². The number of aromatic nitrogens is 1. The molecule has 2 rings (SSSR count). The maximum Gasteiger partial charge on any atom is 0.387 e. The minimum atomic E-state index is -3.14. The van der Waals surface area contributed by atoms with Crippen LogP contribution in [-0.4, -0.2) is 17.4 Å². The summed E-state index contributed by atoms with van der Waals surface area (Å²) in [6, 6.07) is 7.44. The number of ether oxygens (including phenoxy) is 1. The average Bonchev–Trinajstić information content (AvgIpc) is 2.38. The molecule has 0 N–H and O–H groups in total. The summed E-state index contributed by atoms with van der Waals surface area (Å²) < 4.78 is 41.6. The van der Waals surface area contributed by atoms with Crippen molar-refractivity contribution >= 4 is 5.78 Å². The molecule has 0 atom stereocenters. The van der Waals surface area contributed by atoms with Crippen molar-refractivity contribution in [3.8, 4) is 5.75 Å². The van der Waals surface area contributed by atoms with Gasteiger partial charge in [0.05, 0.1) is 5.56 Å². The maximum atomic E-state index is 13.0. The summed E-state index contributed by atoms with van der Waals surface area (Å²) >= 11 is 0. The van der Waals surface area contributed by atoms with E-state index in [2.05, 4.69) is 9.72 Å². The zero-order valence-corrected chi connectivity index (χ0v) is 9.52. The molecule has 19 heavy (non-hydrogen) atoms. The van der Waals surface area contributed by atoms with Gasteiger partial charge in [0, 0.05) is 12.3 Å². The third-order valence-electron chi connectivity index (χ3n) is 2.30. The highest BCUT2D eigenvalue weighted by Gasteiger charge is 2.18. The SMILES string of the molecule is O=C(c1ccccn1)c1ccc(F)cc1OC(F)F. The van der Waals surface area contributed by atoms with Gasteiger partial charge in [-0.05, 0) is 24.3 Å². The third-order valence-corrected chi connectivity index (χ3v) is 2.30. The summed E-state index contributed by atoms with van der Waals surface area (Å²) in [5.74, 6) is -1.89. The normalized spacial score (nSPS) is 10.5. The number of benzene rings is 1. The van der Waals surface area contributed by atoms with Crippen LogP contribution in [0.2, 0.25) is 0 Å². The van der Waals surface area contributed by atoms with Gasteiger partial charge < -0.3 is 4.74 Å². The van der Waals surface area contributed by atoms with Gasteiger partial charge in [-0.25, -0.2) is 4.39 Å². The van der Waals surface area contributed by atoms with Gasteiger partial charge in [-0.3, -0.25) is 9.78 Å². The van der Waals surface area contributed by atoms with Crippen LogP contribution >= 0.6 is 0 Å². The summed E-state index contributed by atoms with van der Waals surface area (Å²) in [5, 5.41) is 0. The Hall–Kier alpha value is -2.37. The van der Waals surface area contributed by atoms with E-state index in [0.717, 1.165) is 18.2 Å². The molecule has 1 aromatic carbocycles. The fourth-order valence-corrected chi connectivity index (χ4v) is 1.51. The van der Waals surface area contributed by atoms with E-state index in [1.165, 1.54) is 12.3 Å². The zero-order chi connectivity index (χ0) is 13.8. The number of carbonyl (C=O) groups excluding carboxylic acids is 1. The Morgan fingerprint density at radius 2 is 2.00 bits per heavy atom. The molecular formula is C13H8F3NO2. The number of alkyl halides is 2. The van der Waals surface area contributed by atoms with Crippen LogP contribution in [0.25, 0.3) is 0 Å². The van der Waals surface area contributed by atoms with Crippen LogP contribution < -0.4 is 4.74 Å². The van der Waals surface area contributed by atoms with Crippen molar-refractivity contribution in [2.24, 2.45) is 0 Å². The molecule has 6 heteroatoms. The van der Waals surface area contributed by atoms with Crippen LogP contribution in [0.3, 0.4) is 0 Å². The topological polar surface area (TPSA) is 39.2 Å². The molecule has 1 aromatic heterocycles. The first-order valence-electron chi connectivity index (χ1n) is 5.28. The lowest BCUT2D eigenvalue weighted by Gasteiger charge is -2.09. The first-order chi connectivity index (χ1) is 9.08. The Balaban J connectivity index is 2.41. The van der Waals surface area contributed by atoms with Crippen molar-refractivity contribution in [3.63, 3.8) is 0 Å². The number of pyridine rings is 1. The number of halogens is 3. The van der Waals surface area contributed by atoms with Crippen LogP contribution in [0.1, 0.15) is 16.1 Å². The Morgan fingerprint density at radius 3 is 2.63 bits per heavy atom. The van der Waals surface area contributed by atoms with Crippen LogP contribution in [0, 0.1) is 5.82 Å². The number of rotatable bonds is 4. The van der Waals surface area contributed by atoms with Gasteiger partial charge in [-0.2, -0.15) is 8.78 Å². The van der Waals surface area contributed by atoms with E-state index in [1.54, 1.807) is 12.1 Å². The molecule has 0 aliphatic heterocycles. The van der Waals surface area contributed by atoms with Crippen molar-refractivity contribution in [1.29, 1.82) is 0 Å². The molecule has 98 valence electrons. The van der Waals surface area contributed by atoms with E-state index < -0.39 is 24.0 Å². The van der Waals surface area contributed by atoms with Gasteiger partial charge >= 0.3 is 6.61 Å². The van der Waals surface area contributed by atoms with Crippen LogP contribution in [0.4, 0.5) is 13.2 Å². The number of nitrogens with zero attached hydrogens (tertiary/aromatic N) is 1. The summed E-state index contributed by atoms with van der Waals surface area (Å²) in [4.78, 5) is 15.9. The standard InChI is InChI=1S/C13H8F3NO2/c14-8-4-5-9(11(7-8)19-13(15)16)12(18)10-3-1-2-6-17-10/h1-7,13H. The molecule has 0 aliphatic rings. The smallest absolute Gasteiger partial charge is 0.387 e. The van der Waals surface area contributed by atoms with E-state index in [1.807, 2.05) is 0 Å². The monoisotopic (exact) mass is 267 g/mol. The molecule has 0 spiro atoms. The fourth-order valence-electron chi connectivity index (χ4n) is 1.51. The van der Waals surface area contributed by atoms with Crippen LogP contribution in [0.5, 0.6) is 5.75 Å². The van der Waals surface area contributed by atoms with Crippen molar-refractivity contribution in [3.05, 3.63) is 59.7 Å². The maximum absolute atomic E-state index is 13.0. The second-order valence-corrected chi connectivity index (χ2v) is 3.56. The molecule has 0 radical (unpaired) electrons. The number of hydrogen-bond acceptors (Lipinski definition) is 3. The summed E-state index contributed by atoms with van der Waals surface area (Å²) in [6.45, 7) is -3.14. The summed E-state index contributed by atoms with van der Waals surface area (Å²) in [7, 11) is 0. The number of hydrogen-bond donors (Lipinski definition) is 0. The van der Waals surface area contributed by atoms with Crippen molar-refractivity contribution in [1.82, 2.24) is 4.98 Å². The molecular weight excluding hydrogens is 259 g/mol. The van der Waals surface area contributed by atoms with E-state index >= 15 is 0 Å². The second kappa shape index (κ2) is 5.51. The average molecular weight is 267 g/mol. The Bertz CT molecular complexity index is 588. The lowest BCUT2D eigenvalue weighted by molar-refractivity contribution is -0.0502. The first kappa shape index (κ1) is 13.1. The molecule has 1 heterocycles. The lowest BCUT2D eigenvalue weighted by atomic mass is 10.1. The zero-order valence-electron chi connectivity index (χ0n) is 9.52. The minimum absolute atomic E-state index is 0.0632. The van der Waals surface area contributed by atoms with E-state index in [9.17, 15) is 18.0 Å². The Labute approximate surface area is 106 Å². The molecule has 0 fully saturated rings. The molecule has 0 bridgehead atoms. The van der Waals surface area contributed by atoms with Crippen molar-refractivity contribution in [2.45, 2.75) is 6.61 Å². The molecule has 0 saturated carbocycles. The highest BCUT2D eigenvalue weighted by Crippen LogP contribution is 2.24. The summed E-state index contributed by atoms with van der Waals surface area (Å²) in [5.41, 5.74) is -0.103.